The van der Waals surface area contributed by atoms with Crippen molar-refractivity contribution < 1.29 is 15.3 Å². The van der Waals surface area contributed by atoms with Gasteiger partial charge in [0.15, 0.2) is 0 Å². The van der Waals surface area contributed by atoms with E-state index >= 15 is 0 Å². The first kappa shape index (κ1) is 38.9. The molecule has 3 nitrogen and oxygen atoms in total. The molecule has 0 aliphatic rings. The Morgan fingerprint density at radius 2 is 0.769 bits per heavy atom. The SMILES string of the molecule is CCCCC(C)CC(C)C(CO)CCC(CC(C)CCCC)C(CO)CCC(CC(C)CCCC)C(C)CO. The summed E-state index contributed by atoms with van der Waals surface area (Å²) in [4.78, 5) is 0. The zero-order valence-electron chi connectivity index (χ0n) is 28.0. The third-order valence-electron chi connectivity index (χ3n) is 10.2. The maximum Gasteiger partial charge on any atom is 0.0461 e. The van der Waals surface area contributed by atoms with Crippen molar-refractivity contribution >= 4 is 0 Å². The van der Waals surface area contributed by atoms with Crippen molar-refractivity contribution in [3.05, 3.63) is 0 Å². The first-order valence-corrected chi connectivity index (χ1v) is 17.5. The third kappa shape index (κ3) is 18.1. The molecule has 0 aliphatic carbocycles. The molecule has 0 spiro atoms. The molecule has 0 bridgehead atoms. The maximum atomic E-state index is 10.6. The minimum atomic E-state index is 0.263. The molecule has 236 valence electrons. The van der Waals surface area contributed by atoms with Crippen LogP contribution in [0.25, 0.3) is 0 Å². The molecule has 0 heterocycles. The molecule has 0 aliphatic heterocycles. The van der Waals surface area contributed by atoms with Crippen molar-refractivity contribution in [1.82, 2.24) is 0 Å². The first-order valence-electron chi connectivity index (χ1n) is 17.5. The van der Waals surface area contributed by atoms with Crippen LogP contribution in [0.5, 0.6) is 0 Å². The fourth-order valence-electron chi connectivity index (χ4n) is 7.09. The number of aliphatic hydroxyl groups excluding tert-OH is 3. The van der Waals surface area contributed by atoms with E-state index in [0.29, 0.717) is 47.3 Å². The molecule has 0 radical (unpaired) electrons. The van der Waals surface area contributed by atoms with E-state index in [1.54, 1.807) is 0 Å². The summed E-state index contributed by atoms with van der Waals surface area (Å²) in [7, 11) is 0. The number of rotatable bonds is 27. The summed E-state index contributed by atoms with van der Waals surface area (Å²) in [5, 5.41) is 30.9. The molecule has 0 aromatic rings. The van der Waals surface area contributed by atoms with Crippen LogP contribution in [-0.4, -0.2) is 35.1 Å². The van der Waals surface area contributed by atoms with E-state index in [1.807, 2.05) is 0 Å². The Bertz CT molecular complexity index is 523. The zero-order valence-corrected chi connectivity index (χ0v) is 28.0. The predicted molar refractivity (Wildman–Crippen MR) is 172 cm³/mol. The Kier molecular flexibility index (Phi) is 24.4. The highest BCUT2D eigenvalue weighted by Gasteiger charge is 2.28. The summed E-state index contributed by atoms with van der Waals surface area (Å²) in [5.41, 5.74) is 0. The predicted octanol–water partition coefficient (Wildman–Crippen LogP) is 9.91. The fraction of sp³-hybridized carbons (Fsp3) is 1.00. The monoisotopic (exact) mass is 555 g/mol. The van der Waals surface area contributed by atoms with Crippen LogP contribution in [-0.2, 0) is 0 Å². The Balaban J connectivity index is 5.40. The van der Waals surface area contributed by atoms with E-state index in [1.165, 1.54) is 77.0 Å². The highest BCUT2D eigenvalue weighted by molar-refractivity contribution is 4.79. The first-order chi connectivity index (χ1) is 18.7. The molecular weight excluding hydrogens is 480 g/mol. The van der Waals surface area contributed by atoms with E-state index in [2.05, 4.69) is 55.4 Å². The molecule has 0 amide bonds. The normalized spacial score (nSPS) is 19.2. The summed E-state index contributed by atoms with van der Waals surface area (Å²) in [6.45, 7) is 19.4. The van der Waals surface area contributed by atoms with Crippen molar-refractivity contribution in [3.63, 3.8) is 0 Å². The molecule has 0 saturated carbocycles. The standard InChI is InChI=1S/C36H74O3/c1-9-12-15-28(4)22-31(7)35(26-38)20-19-34(24-30(6)17-14-11-3)36(27-39)21-18-33(32(8)25-37)23-29(5)16-13-10-2/h28-39H,9-27H2,1-8H3. The fourth-order valence-corrected chi connectivity index (χ4v) is 7.09. The van der Waals surface area contributed by atoms with E-state index in [9.17, 15) is 15.3 Å². The van der Waals surface area contributed by atoms with Crippen LogP contribution in [0.3, 0.4) is 0 Å². The lowest BCUT2D eigenvalue weighted by Gasteiger charge is -2.33. The summed E-state index contributed by atoms with van der Waals surface area (Å²) in [6, 6.07) is 0. The number of hydrogen-bond donors (Lipinski definition) is 3. The van der Waals surface area contributed by atoms with Crippen LogP contribution in [0, 0.1) is 53.3 Å². The number of aliphatic hydroxyl groups is 3. The van der Waals surface area contributed by atoms with Crippen molar-refractivity contribution in [1.29, 1.82) is 0 Å². The molecule has 3 heteroatoms. The second kappa shape index (κ2) is 24.5. The van der Waals surface area contributed by atoms with Crippen LogP contribution < -0.4 is 0 Å². The van der Waals surface area contributed by atoms with E-state index in [0.717, 1.165) is 31.6 Å². The van der Waals surface area contributed by atoms with Gasteiger partial charge in [-0.1, -0.05) is 113 Å². The van der Waals surface area contributed by atoms with Crippen LogP contribution >= 0.6 is 0 Å². The molecular formula is C36H74O3. The number of unbranched alkanes of at least 4 members (excludes halogenated alkanes) is 3. The Morgan fingerprint density at radius 1 is 0.385 bits per heavy atom. The van der Waals surface area contributed by atoms with Gasteiger partial charge in [-0.25, -0.2) is 0 Å². The molecule has 3 N–H and O–H groups in total. The van der Waals surface area contributed by atoms with Crippen molar-refractivity contribution in [2.24, 2.45) is 53.3 Å². The van der Waals surface area contributed by atoms with Crippen LogP contribution in [0.15, 0.2) is 0 Å². The molecule has 0 saturated heterocycles. The minimum absolute atomic E-state index is 0.263. The van der Waals surface area contributed by atoms with Gasteiger partial charge in [-0.05, 0) is 98.2 Å². The van der Waals surface area contributed by atoms with Crippen LogP contribution in [0.1, 0.15) is 158 Å². The molecule has 0 aromatic heterocycles. The van der Waals surface area contributed by atoms with E-state index < -0.39 is 0 Å². The second-order valence-corrected chi connectivity index (χ2v) is 14.1. The summed E-state index contributed by atoms with van der Waals surface area (Å²) in [6.07, 6.45) is 19.5. The van der Waals surface area contributed by atoms with Gasteiger partial charge in [-0.15, -0.1) is 0 Å². The number of hydrogen-bond acceptors (Lipinski definition) is 3. The van der Waals surface area contributed by atoms with Crippen LogP contribution in [0.2, 0.25) is 0 Å². The van der Waals surface area contributed by atoms with Crippen molar-refractivity contribution in [3.8, 4) is 0 Å². The van der Waals surface area contributed by atoms with Gasteiger partial charge >= 0.3 is 0 Å². The third-order valence-corrected chi connectivity index (χ3v) is 10.2. The van der Waals surface area contributed by atoms with Gasteiger partial charge in [0.1, 0.15) is 0 Å². The van der Waals surface area contributed by atoms with Gasteiger partial charge in [0.05, 0.1) is 0 Å². The molecule has 9 atom stereocenters. The average molecular weight is 555 g/mol. The second-order valence-electron chi connectivity index (χ2n) is 14.1. The van der Waals surface area contributed by atoms with Crippen molar-refractivity contribution in [2.45, 2.75) is 158 Å². The van der Waals surface area contributed by atoms with E-state index in [4.69, 9.17) is 0 Å². The maximum absolute atomic E-state index is 10.6. The average Bonchev–Trinajstić information content (AvgIpc) is 2.92. The van der Waals surface area contributed by atoms with Gasteiger partial charge < -0.3 is 15.3 Å². The Labute approximate surface area is 246 Å². The quantitative estimate of drug-likeness (QED) is 0.0946. The lowest BCUT2D eigenvalue weighted by molar-refractivity contribution is 0.101. The molecule has 39 heavy (non-hydrogen) atoms. The minimum Gasteiger partial charge on any atom is -0.396 e. The Hall–Kier alpha value is -0.120. The van der Waals surface area contributed by atoms with E-state index in [-0.39, 0.29) is 19.8 Å². The van der Waals surface area contributed by atoms with Gasteiger partial charge in [0, 0.05) is 19.8 Å². The topological polar surface area (TPSA) is 60.7 Å². The zero-order chi connectivity index (χ0) is 29.6. The summed E-state index contributed by atoms with van der Waals surface area (Å²) < 4.78 is 0. The van der Waals surface area contributed by atoms with Crippen LogP contribution in [0.4, 0.5) is 0 Å². The molecule has 0 rings (SSSR count). The Morgan fingerprint density at radius 3 is 1.21 bits per heavy atom. The molecule has 9 unspecified atom stereocenters. The van der Waals surface area contributed by atoms with Gasteiger partial charge in [-0.2, -0.15) is 0 Å². The lowest BCUT2D eigenvalue weighted by atomic mass is 9.73. The smallest absolute Gasteiger partial charge is 0.0461 e. The summed E-state index contributed by atoms with van der Waals surface area (Å²) in [5.74, 6) is 4.73. The largest absolute Gasteiger partial charge is 0.396 e. The van der Waals surface area contributed by atoms with Gasteiger partial charge in [-0.3, -0.25) is 0 Å². The van der Waals surface area contributed by atoms with Gasteiger partial charge in [0.25, 0.3) is 0 Å². The van der Waals surface area contributed by atoms with Crippen molar-refractivity contribution in [2.75, 3.05) is 19.8 Å². The molecule has 0 aromatic carbocycles. The summed E-state index contributed by atoms with van der Waals surface area (Å²) >= 11 is 0. The van der Waals surface area contributed by atoms with Gasteiger partial charge in [0.2, 0.25) is 0 Å². The highest BCUT2D eigenvalue weighted by Crippen LogP contribution is 2.36. The molecule has 0 fully saturated rings. The lowest BCUT2D eigenvalue weighted by Crippen LogP contribution is -2.26. The highest BCUT2D eigenvalue weighted by atomic mass is 16.3.